The molecule has 0 spiro atoms. The molecule has 0 radical (unpaired) electrons. The van der Waals surface area contributed by atoms with Crippen LogP contribution in [0.3, 0.4) is 0 Å². The highest BCUT2D eigenvalue weighted by Gasteiger charge is 2.28. The minimum Gasteiger partial charge on any atom is -0.390 e. The second-order valence-corrected chi connectivity index (χ2v) is 3.73. The number of aliphatic hydroxyl groups is 1. The molecule has 1 amide bonds. The van der Waals surface area contributed by atoms with Gasteiger partial charge in [-0.2, -0.15) is 0 Å². The molecule has 0 unspecified atom stereocenters. The standard InChI is InChI=1S/C13H19NO3/c1-10(13(2,3)16)12(15)14-17-9-11-7-5-4-6-8-11/h4-8,10,16H,9H2,1-3H3,(H,14,15)/t10-/m1/s1/i2D3,3D3. The lowest BCUT2D eigenvalue weighted by atomic mass is 9.92. The van der Waals surface area contributed by atoms with Gasteiger partial charge in [-0.05, 0) is 19.3 Å². The van der Waals surface area contributed by atoms with Crippen molar-refractivity contribution >= 4 is 5.91 Å². The normalized spacial score (nSPS) is 19.9. The molecule has 1 atom stereocenters. The summed E-state index contributed by atoms with van der Waals surface area (Å²) in [6.07, 6.45) is 0. The fraction of sp³-hybridized carbons (Fsp3) is 0.462. The van der Waals surface area contributed by atoms with E-state index in [-0.39, 0.29) is 6.61 Å². The van der Waals surface area contributed by atoms with E-state index in [2.05, 4.69) is 0 Å². The summed E-state index contributed by atoms with van der Waals surface area (Å²) in [6.45, 7) is -5.50. The summed E-state index contributed by atoms with van der Waals surface area (Å²) in [7, 11) is 0. The maximum absolute atomic E-state index is 12.0. The van der Waals surface area contributed by atoms with E-state index in [1.165, 1.54) is 0 Å². The topological polar surface area (TPSA) is 58.6 Å². The number of amides is 1. The van der Waals surface area contributed by atoms with Gasteiger partial charge in [-0.25, -0.2) is 5.48 Å². The SMILES string of the molecule is [2H]C([2H])([2H])C(O)([C@H](C)C(=O)NOCc1ccccc1)C([2H])([2H])[2H]. The average molecular weight is 243 g/mol. The molecule has 4 heteroatoms. The van der Waals surface area contributed by atoms with Gasteiger partial charge in [0.25, 0.3) is 0 Å². The molecule has 1 aromatic carbocycles. The van der Waals surface area contributed by atoms with Gasteiger partial charge in [-0.15, -0.1) is 0 Å². The lowest BCUT2D eigenvalue weighted by molar-refractivity contribution is -0.145. The van der Waals surface area contributed by atoms with Crippen LogP contribution in [-0.2, 0) is 16.2 Å². The second-order valence-electron chi connectivity index (χ2n) is 3.73. The lowest BCUT2D eigenvalue weighted by Crippen LogP contribution is -2.41. The quantitative estimate of drug-likeness (QED) is 0.773. The van der Waals surface area contributed by atoms with Crippen LogP contribution in [0.2, 0.25) is 0 Å². The first-order valence-corrected chi connectivity index (χ1v) is 5.09. The van der Waals surface area contributed by atoms with Crippen LogP contribution in [0, 0.1) is 5.92 Å². The number of carbonyl (C=O) groups excluding carboxylic acids is 1. The molecule has 0 aliphatic carbocycles. The molecule has 17 heavy (non-hydrogen) atoms. The second kappa shape index (κ2) is 5.80. The molecule has 0 fully saturated rings. The Bertz CT molecular complexity index is 515. The van der Waals surface area contributed by atoms with Crippen LogP contribution in [0.15, 0.2) is 30.3 Å². The zero-order valence-corrected chi connectivity index (χ0v) is 9.43. The van der Waals surface area contributed by atoms with Crippen molar-refractivity contribution in [3.8, 4) is 0 Å². The first-order valence-electron chi connectivity index (χ1n) is 8.09. The number of hydroxylamine groups is 1. The third-order valence-electron chi connectivity index (χ3n) is 2.27. The predicted molar refractivity (Wildman–Crippen MR) is 64.8 cm³/mol. The van der Waals surface area contributed by atoms with Crippen molar-refractivity contribution in [3.05, 3.63) is 35.9 Å². The number of hydrogen-bond donors (Lipinski definition) is 2. The minimum absolute atomic E-state index is 0.0132. The van der Waals surface area contributed by atoms with Crippen molar-refractivity contribution in [2.75, 3.05) is 0 Å². The molecule has 2 N–H and O–H groups in total. The van der Waals surface area contributed by atoms with Gasteiger partial charge in [0.1, 0.15) is 0 Å². The van der Waals surface area contributed by atoms with Crippen molar-refractivity contribution in [2.24, 2.45) is 5.92 Å². The Kier molecular flexibility index (Phi) is 2.43. The molecule has 1 aromatic rings. The summed E-state index contributed by atoms with van der Waals surface area (Å²) < 4.78 is 43.7. The van der Waals surface area contributed by atoms with E-state index in [9.17, 15) is 9.90 Å². The van der Waals surface area contributed by atoms with Crippen molar-refractivity contribution in [3.63, 3.8) is 0 Å². The first kappa shape index (κ1) is 7.13. The van der Waals surface area contributed by atoms with E-state index in [1.807, 2.05) is 5.48 Å². The summed E-state index contributed by atoms with van der Waals surface area (Å²) in [5.74, 6) is -2.77. The van der Waals surface area contributed by atoms with Crippen molar-refractivity contribution in [1.29, 1.82) is 0 Å². The molecular formula is C13H19NO3. The van der Waals surface area contributed by atoms with Gasteiger partial charge in [0.15, 0.2) is 0 Å². The molecule has 0 heterocycles. The van der Waals surface area contributed by atoms with Gasteiger partial charge in [-0.3, -0.25) is 9.63 Å². The summed E-state index contributed by atoms with van der Waals surface area (Å²) in [4.78, 5) is 16.9. The highest BCUT2D eigenvalue weighted by molar-refractivity contribution is 5.78. The van der Waals surface area contributed by atoms with Crippen LogP contribution in [0.25, 0.3) is 0 Å². The smallest absolute Gasteiger partial charge is 0.249 e. The van der Waals surface area contributed by atoms with Crippen molar-refractivity contribution in [2.45, 2.75) is 32.8 Å². The van der Waals surface area contributed by atoms with E-state index < -0.39 is 31.1 Å². The van der Waals surface area contributed by atoms with Crippen molar-refractivity contribution < 1.29 is 23.0 Å². The summed E-state index contributed by atoms with van der Waals surface area (Å²) >= 11 is 0. The fourth-order valence-corrected chi connectivity index (χ4v) is 1.04. The van der Waals surface area contributed by atoms with Crippen LogP contribution in [0.4, 0.5) is 0 Å². The fourth-order valence-electron chi connectivity index (χ4n) is 1.04. The molecule has 0 aliphatic heterocycles. The van der Waals surface area contributed by atoms with Crippen LogP contribution in [0.5, 0.6) is 0 Å². The van der Waals surface area contributed by atoms with Gasteiger partial charge in [0.2, 0.25) is 5.91 Å². The number of carbonyl (C=O) groups is 1. The maximum atomic E-state index is 12.0. The zero-order valence-electron chi connectivity index (χ0n) is 15.4. The largest absolute Gasteiger partial charge is 0.390 e. The Morgan fingerprint density at radius 3 is 2.76 bits per heavy atom. The Labute approximate surface area is 110 Å². The monoisotopic (exact) mass is 243 g/mol. The minimum atomic E-state index is -3.27. The maximum Gasteiger partial charge on any atom is 0.249 e. The molecule has 0 bridgehead atoms. The average Bonchev–Trinajstić information content (AvgIpc) is 2.44. The molecule has 4 nitrogen and oxygen atoms in total. The summed E-state index contributed by atoms with van der Waals surface area (Å²) in [5.41, 5.74) is -0.446. The van der Waals surface area contributed by atoms with Crippen molar-refractivity contribution in [1.82, 2.24) is 5.48 Å². The summed E-state index contributed by atoms with van der Waals surface area (Å²) in [6, 6.07) is 8.83. The van der Waals surface area contributed by atoms with Crippen LogP contribution < -0.4 is 5.48 Å². The van der Waals surface area contributed by atoms with Gasteiger partial charge < -0.3 is 5.11 Å². The number of nitrogens with one attached hydrogen (secondary N) is 1. The number of hydrogen-bond acceptors (Lipinski definition) is 3. The third kappa shape index (κ3) is 4.54. The zero-order chi connectivity index (χ0) is 17.9. The Morgan fingerprint density at radius 1 is 1.53 bits per heavy atom. The Hall–Kier alpha value is -1.39. The molecule has 0 aliphatic rings. The molecule has 0 saturated heterocycles. The summed E-state index contributed by atoms with van der Waals surface area (Å²) in [5, 5.41) is 10.2. The highest BCUT2D eigenvalue weighted by atomic mass is 16.6. The molecular weight excluding hydrogens is 218 g/mol. The van der Waals surface area contributed by atoms with E-state index in [4.69, 9.17) is 13.1 Å². The first-order chi connectivity index (χ1) is 10.4. The number of benzene rings is 1. The number of rotatable bonds is 5. The predicted octanol–water partition coefficient (Wildman–Crippen LogP) is 1.64. The van der Waals surface area contributed by atoms with E-state index in [0.717, 1.165) is 12.5 Å². The van der Waals surface area contributed by atoms with E-state index in [0.29, 0.717) is 0 Å². The van der Waals surface area contributed by atoms with E-state index >= 15 is 0 Å². The van der Waals surface area contributed by atoms with Gasteiger partial charge in [0, 0.05) is 8.22 Å². The lowest BCUT2D eigenvalue weighted by Gasteiger charge is -2.24. The van der Waals surface area contributed by atoms with Gasteiger partial charge >= 0.3 is 0 Å². The van der Waals surface area contributed by atoms with Gasteiger partial charge in [0.05, 0.1) is 18.1 Å². The molecule has 0 saturated carbocycles. The molecule has 1 rings (SSSR count). The van der Waals surface area contributed by atoms with E-state index in [1.54, 1.807) is 30.3 Å². The Balaban J connectivity index is 2.77. The Morgan fingerprint density at radius 2 is 2.18 bits per heavy atom. The van der Waals surface area contributed by atoms with Crippen LogP contribution in [0.1, 0.15) is 34.4 Å². The molecule has 0 aromatic heterocycles. The van der Waals surface area contributed by atoms with Crippen LogP contribution in [-0.4, -0.2) is 16.6 Å². The van der Waals surface area contributed by atoms with Crippen LogP contribution >= 0.6 is 0 Å². The molecule has 94 valence electrons. The highest BCUT2D eigenvalue weighted by Crippen LogP contribution is 2.15. The third-order valence-corrected chi connectivity index (χ3v) is 2.27. The van der Waals surface area contributed by atoms with Gasteiger partial charge in [-0.1, -0.05) is 37.3 Å².